The average molecular weight is 1380 g/mol. The van der Waals surface area contributed by atoms with Gasteiger partial charge in [0.25, 0.3) is 0 Å². The van der Waals surface area contributed by atoms with Gasteiger partial charge in [-0.05, 0) is 135 Å². The predicted octanol–water partition coefficient (Wildman–Crippen LogP) is 25.5. The van der Waals surface area contributed by atoms with Gasteiger partial charge < -0.3 is 18.3 Å². The average Bonchev–Trinajstić information content (AvgIpc) is 1.46. The lowest BCUT2D eigenvalue weighted by atomic mass is 9.90. The van der Waals surface area contributed by atoms with E-state index < -0.39 is 0 Å². The zero-order chi connectivity index (χ0) is 71.3. The molecule has 0 aliphatic carbocycles. The van der Waals surface area contributed by atoms with Crippen LogP contribution in [-0.2, 0) is 0 Å². The smallest absolute Gasteiger partial charge is 0.168 e. The molecule has 502 valence electrons. The van der Waals surface area contributed by atoms with Crippen molar-refractivity contribution in [2.45, 2.75) is 0 Å². The molecule has 0 saturated heterocycles. The van der Waals surface area contributed by atoms with Crippen LogP contribution in [0.5, 0.6) is 0 Å². The lowest BCUT2D eigenvalue weighted by molar-refractivity contribution is 1.03. The van der Waals surface area contributed by atoms with E-state index in [2.05, 4.69) is 364 Å². The summed E-state index contributed by atoms with van der Waals surface area (Å²) in [6.07, 6.45) is 0. The van der Waals surface area contributed by atoms with Gasteiger partial charge >= 0.3 is 0 Å². The molecule has 0 amide bonds. The first kappa shape index (κ1) is 61.8. The van der Waals surface area contributed by atoms with Crippen molar-refractivity contribution >= 4 is 87.2 Å². The van der Waals surface area contributed by atoms with E-state index in [1.807, 2.05) is 36.4 Å². The minimum absolute atomic E-state index is 0.375. The third-order valence-corrected chi connectivity index (χ3v) is 21.7. The molecule has 0 fully saturated rings. The van der Waals surface area contributed by atoms with Crippen LogP contribution in [0.3, 0.4) is 0 Å². The molecule has 21 rings (SSSR count). The number of hydrogen-bond donors (Lipinski definition) is 0. The number of hydrogen-bond acceptors (Lipinski definition) is 4. The molecule has 108 heavy (non-hydrogen) atoms. The van der Waals surface area contributed by atoms with Crippen LogP contribution in [0.2, 0.25) is 0 Å². The molecular formula is C100H62N8. The van der Waals surface area contributed by atoms with Gasteiger partial charge in [-0.25, -0.2) is 15.0 Å². The Labute approximate surface area is 622 Å². The Bertz CT molecular complexity index is 7130. The topological polar surface area (TPSA) is 82.2 Å². The van der Waals surface area contributed by atoms with Crippen molar-refractivity contribution in [1.29, 1.82) is 5.26 Å². The van der Waals surface area contributed by atoms with Crippen LogP contribution < -0.4 is 0 Å². The number of benzene rings is 16. The maximum Gasteiger partial charge on any atom is 0.168 e. The van der Waals surface area contributed by atoms with Crippen molar-refractivity contribution in [1.82, 2.24) is 33.2 Å². The quantitative estimate of drug-likeness (QED) is 0.122. The number of rotatable bonds is 12. The summed E-state index contributed by atoms with van der Waals surface area (Å²) in [7, 11) is 0. The van der Waals surface area contributed by atoms with Crippen LogP contribution in [0.4, 0.5) is 0 Å². The third kappa shape index (κ3) is 9.95. The number of para-hydroxylation sites is 4. The molecule has 21 aromatic rings. The van der Waals surface area contributed by atoms with Gasteiger partial charge in [-0.3, -0.25) is 0 Å². The summed E-state index contributed by atoms with van der Waals surface area (Å²) in [5, 5.41) is 22.0. The van der Waals surface area contributed by atoms with Gasteiger partial charge in [0.05, 0.1) is 72.3 Å². The first-order valence-corrected chi connectivity index (χ1v) is 36.5. The lowest BCUT2D eigenvalue weighted by Gasteiger charge is -2.28. The van der Waals surface area contributed by atoms with Gasteiger partial charge in [0, 0.05) is 65.5 Å². The van der Waals surface area contributed by atoms with E-state index >= 15 is 0 Å². The van der Waals surface area contributed by atoms with Gasteiger partial charge in [0.1, 0.15) is 6.07 Å². The molecule has 0 aliphatic rings. The first-order chi connectivity index (χ1) is 53.6. The first-order valence-electron chi connectivity index (χ1n) is 36.5. The molecule has 0 N–H and O–H groups in total. The molecule has 0 bridgehead atoms. The second-order valence-electron chi connectivity index (χ2n) is 27.7. The minimum Gasteiger partial charge on any atom is -0.309 e. The molecule has 0 unspecified atom stereocenters. The molecular weight excluding hydrogens is 1310 g/mol. The summed E-state index contributed by atoms with van der Waals surface area (Å²) in [6.45, 7) is 0. The Hall–Kier alpha value is -14.8. The van der Waals surface area contributed by atoms with E-state index in [1.54, 1.807) is 0 Å². The predicted molar refractivity (Wildman–Crippen MR) is 445 cm³/mol. The van der Waals surface area contributed by atoms with Crippen LogP contribution >= 0.6 is 0 Å². The molecule has 0 radical (unpaired) electrons. The monoisotopic (exact) mass is 1370 g/mol. The molecule has 0 atom stereocenters. The highest BCUT2D eigenvalue weighted by Crippen LogP contribution is 2.53. The summed E-state index contributed by atoms with van der Waals surface area (Å²) >= 11 is 0. The third-order valence-electron chi connectivity index (χ3n) is 21.7. The Morgan fingerprint density at radius 2 is 0.454 bits per heavy atom. The van der Waals surface area contributed by atoms with Gasteiger partial charge in [-0.2, -0.15) is 5.26 Å². The van der Waals surface area contributed by atoms with Crippen molar-refractivity contribution in [3.05, 3.63) is 382 Å². The molecule has 16 aromatic carbocycles. The Morgan fingerprint density at radius 1 is 0.194 bits per heavy atom. The van der Waals surface area contributed by atoms with E-state index in [0.29, 0.717) is 39.9 Å². The SMILES string of the molecule is N#Cc1c(-c2ccc(-n3c4ccccc4c4cc(-c5ccccc5)ccc43)cc2)c(-n2c3ccccc3c3cc(-c4ccccc4)ccc32)c(-n2c3ccccc3c3cc(-c4ccccc4)ccc32)c(-c2nc(-c3ccccc3)nc(-c3ccccc3)n2)c1-n1c2ccccc2c2cc(-c3ccccc3)ccc21. The van der Waals surface area contributed by atoms with E-state index in [4.69, 9.17) is 15.0 Å². The van der Waals surface area contributed by atoms with Gasteiger partial charge in [-0.1, -0.05) is 291 Å². The van der Waals surface area contributed by atoms with Crippen molar-refractivity contribution in [2.75, 3.05) is 0 Å². The zero-order valence-corrected chi connectivity index (χ0v) is 58.4. The molecule has 5 heterocycles. The van der Waals surface area contributed by atoms with E-state index in [1.165, 1.54) is 0 Å². The Balaban J connectivity index is 0.984. The zero-order valence-electron chi connectivity index (χ0n) is 58.4. The lowest BCUT2D eigenvalue weighted by Crippen LogP contribution is -2.15. The fourth-order valence-corrected chi connectivity index (χ4v) is 16.8. The van der Waals surface area contributed by atoms with Crippen molar-refractivity contribution in [2.24, 2.45) is 0 Å². The maximum atomic E-state index is 13.5. The minimum atomic E-state index is 0.375. The van der Waals surface area contributed by atoms with Crippen LogP contribution in [0.15, 0.2) is 376 Å². The normalized spacial score (nSPS) is 11.7. The highest BCUT2D eigenvalue weighted by molar-refractivity contribution is 6.18. The second-order valence-corrected chi connectivity index (χ2v) is 27.7. The second kappa shape index (κ2) is 25.3. The summed E-state index contributed by atoms with van der Waals surface area (Å²) in [5.41, 5.74) is 23.9. The maximum absolute atomic E-state index is 13.5. The van der Waals surface area contributed by atoms with Gasteiger partial charge in [-0.15, -0.1) is 0 Å². The van der Waals surface area contributed by atoms with Crippen LogP contribution in [0, 0.1) is 11.3 Å². The molecule has 0 spiro atoms. The summed E-state index contributed by atoms with van der Waals surface area (Å²) in [4.78, 5) is 17.2. The molecule has 8 heteroatoms. The standard InChI is InChI=1S/C100H62N8/c101-63-84-93(68-47-53-75(54-48-68)105-85-43-23-19-39-76(85)80-59-71(49-55-89(80)105)64-27-7-1-8-28-64)96(107-87-45-25-21-41-78(87)82-61-73(51-57-91(82)107)66-31-11-3-12-32-66)97(108-88-46-26-22-42-79(88)83-62-74(52-58-92(83)108)67-33-13-4-14-34-67)94(100-103-98(69-35-15-5-16-36-69)102-99(104-100)70-37-17-6-18-38-70)95(84)106-86-44-24-20-40-77(86)81-60-72(50-56-90(81)106)65-29-9-2-10-30-65/h1-62H. The Kier molecular flexibility index (Phi) is 14.5. The molecule has 0 aliphatic heterocycles. The van der Waals surface area contributed by atoms with Crippen molar-refractivity contribution in [3.8, 4) is 119 Å². The molecule has 0 saturated carbocycles. The van der Waals surface area contributed by atoms with Gasteiger partial charge in [0.2, 0.25) is 0 Å². The summed E-state index contributed by atoms with van der Waals surface area (Å²) in [5.74, 6) is 1.33. The largest absolute Gasteiger partial charge is 0.309 e. The molecule has 5 aromatic heterocycles. The fraction of sp³-hybridized carbons (Fsp3) is 0. The van der Waals surface area contributed by atoms with Crippen LogP contribution in [-0.4, -0.2) is 33.2 Å². The van der Waals surface area contributed by atoms with Crippen molar-refractivity contribution < 1.29 is 0 Å². The number of fused-ring (bicyclic) bond motifs is 12. The van der Waals surface area contributed by atoms with Crippen LogP contribution in [0.1, 0.15) is 5.56 Å². The number of aromatic nitrogens is 7. The van der Waals surface area contributed by atoms with E-state index in [-0.39, 0.29) is 0 Å². The highest BCUT2D eigenvalue weighted by Gasteiger charge is 2.36. The Morgan fingerprint density at radius 3 is 0.796 bits per heavy atom. The number of nitrogens with zero attached hydrogens (tertiary/aromatic N) is 8. The molecule has 8 nitrogen and oxygen atoms in total. The summed E-state index contributed by atoms with van der Waals surface area (Å²) < 4.78 is 9.63. The summed E-state index contributed by atoms with van der Waals surface area (Å²) in [6, 6.07) is 137. The van der Waals surface area contributed by atoms with Crippen LogP contribution in [0.25, 0.3) is 200 Å². The van der Waals surface area contributed by atoms with E-state index in [9.17, 15) is 5.26 Å². The van der Waals surface area contributed by atoms with E-state index in [0.717, 1.165) is 165 Å². The van der Waals surface area contributed by atoms with Gasteiger partial charge in [0.15, 0.2) is 17.5 Å². The van der Waals surface area contributed by atoms with Crippen molar-refractivity contribution in [3.63, 3.8) is 0 Å². The highest BCUT2D eigenvalue weighted by atomic mass is 15.1. The fourth-order valence-electron chi connectivity index (χ4n) is 16.8. The number of nitriles is 1.